The van der Waals surface area contributed by atoms with Crippen LogP contribution in [0.15, 0.2) is 54.3 Å². The fourth-order valence-electron chi connectivity index (χ4n) is 1.83. The summed E-state index contributed by atoms with van der Waals surface area (Å²) in [5.74, 6) is -0.940. The van der Waals surface area contributed by atoms with Crippen LogP contribution in [0.25, 0.3) is 10.8 Å². The number of hydrogen-bond donors (Lipinski definition) is 1. The molecule has 2 aromatic rings. The first-order chi connectivity index (χ1) is 8.67. The second-order valence-electron chi connectivity index (χ2n) is 3.69. The molecular weight excluding hydrogens is 228 g/mol. The third-order valence-electron chi connectivity index (χ3n) is 2.68. The zero-order valence-electron chi connectivity index (χ0n) is 9.71. The number of anilines is 1. The van der Waals surface area contributed by atoms with Gasteiger partial charge < -0.3 is 5.11 Å². The molecule has 0 spiro atoms. The lowest BCUT2D eigenvalue weighted by Gasteiger charge is -2.15. The van der Waals surface area contributed by atoms with Gasteiger partial charge in [0.05, 0.1) is 11.3 Å². The van der Waals surface area contributed by atoms with E-state index in [1.807, 2.05) is 18.2 Å². The van der Waals surface area contributed by atoms with Gasteiger partial charge in [-0.2, -0.15) is 5.10 Å². The zero-order valence-corrected chi connectivity index (χ0v) is 9.71. The summed E-state index contributed by atoms with van der Waals surface area (Å²) in [6.45, 7) is 7.13. The first kappa shape index (κ1) is 11.9. The number of carboxylic acids is 1. The molecule has 0 saturated heterocycles. The lowest BCUT2D eigenvalue weighted by Crippen LogP contribution is -2.06. The third kappa shape index (κ3) is 1.96. The summed E-state index contributed by atoms with van der Waals surface area (Å²) < 4.78 is 0. The Balaban J connectivity index is 2.67. The smallest absolute Gasteiger partial charge is 0.335 e. The van der Waals surface area contributed by atoms with Gasteiger partial charge in [0, 0.05) is 18.3 Å². The molecule has 4 nitrogen and oxygen atoms in total. The van der Waals surface area contributed by atoms with Crippen molar-refractivity contribution in [2.75, 3.05) is 5.01 Å². The topological polar surface area (TPSA) is 52.9 Å². The Labute approximate surface area is 104 Å². The predicted molar refractivity (Wildman–Crippen MR) is 73.1 cm³/mol. The summed E-state index contributed by atoms with van der Waals surface area (Å²) in [5, 5.41) is 16.1. The van der Waals surface area contributed by atoms with Crippen LogP contribution < -0.4 is 5.01 Å². The van der Waals surface area contributed by atoms with Gasteiger partial charge in [0.2, 0.25) is 0 Å². The van der Waals surface area contributed by atoms with E-state index in [1.165, 1.54) is 0 Å². The van der Waals surface area contributed by atoms with E-state index in [2.05, 4.69) is 18.4 Å². The number of carbonyl (C=O) groups is 1. The van der Waals surface area contributed by atoms with Gasteiger partial charge >= 0.3 is 5.97 Å². The van der Waals surface area contributed by atoms with E-state index in [0.717, 1.165) is 16.5 Å². The summed E-state index contributed by atoms with van der Waals surface area (Å²) in [6, 6.07) is 10.5. The molecule has 0 atom stereocenters. The van der Waals surface area contributed by atoms with Gasteiger partial charge in [-0.15, -0.1) is 0 Å². The Bertz CT molecular complexity index is 627. The fraction of sp³-hybridized carbons (Fsp3) is 0. The average molecular weight is 240 g/mol. The molecule has 0 aromatic heterocycles. The normalized spacial score (nSPS) is 10.0. The average Bonchev–Trinajstić information content (AvgIpc) is 2.39. The van der Waals surface area contributed by atoms with Crippen molar-refractivity contribution in [2.24, 2.45) is 5.10 Å². The van der Waals surface area contributed by atoms with Crippen LogP contribution in [-0.2, 0) is 0 Å². The molecule has 0 amide bonds. The van der Waals surface area contributed by atoms with Crippen LogP contribution in [0, 0.1) is 0 Å². The molecular formula is C14H12N2O2. The van der Waals surface area contributed by atoms with Crippen molar-refractivity contribution in [3.8, 4) is 0 Å². The van der Waals surface area contributed by atoms with Crippen molar-refractivity contribution in [1.29, 1.82) is 0 Å². The number of rotatable bonds is 4. The molecule has 0 aliphatic rings. The molecule has 0 aliphatic carbocycles. The summed E-state index contributed by atoms with van der Waals surface area (Å²) in [7, 11) is 0. The Morgan fingerprint density at radius 3 is 2.72 bits per heavy atom. The van der Waals surface area contributed by atoms with Gasteiger partial charge in [-0.25, -0.2) is 9.80 Å². The summed E-state index contributed by atoms with van der Waals surface area (Å²) in [5.41, 5.74) is 1.07. The van der Waals surface area contributed by atoms with E-state index in [0.29, 0.717) is 0 Å². The van der Waals surface area contributed by atoms with E-state index in [4.69, 9.17) is 5.11 Å². The highest BCUT2D eigenvalue weighted by molar-refractivity contribution is 5.99. The zero-order chi connectivity index (χ0) is 13.1. The number of carboxylic acid groups (broad SMARTS) is 1. The molecule has 2 aromatic carbocycles. The SMILES string of the molecule is C=CN(N=C)c1cccc2cc(C(=O)O)ccc12. The van der Waals surface area contributed by atoms with Crippen molar-refractivity contribution >= 4 is 29.1 Å². The Hall–Kier alpha value is -2.62. The monoisotopic (exact) mass is 240 g/mol. The van der Waals surface area contributed by atoms with E-state index in [1.54, 1.807) is 29.4 Å². The lowest BCUT2D eigenvalue weighted by molar-refractivity contribution is 0.0697. The first-order valence-corrected chi connectivity index (χ1v) is 5.32. The van der Waals surface area contributed by atoms with Gasteiger partial charge in [0.25, 0.3) is 0 Å². The Morgan fingerprint density at radius 2 is 2.11 bits per heavy atom. The number of hydrogen-bond acceptors (Lipinski definition) is 3. The molecule has 90 valence electrons. The lowest BCUT2D eigenvalue weighted by atomic mass is 10.1. The maximum absolute atomic E-state index is 10.9. The third-order valence-corrected chi connectivity index (χ3v) is 2.68. The molecule has 18 heavy (non-hydrogen) atoms. The molecule has 0 unspecified atom stereocenters. The van der Waals surface area contributed by atoms with Crippen molar-refractivity contribution in [3.63, 3.8) is 0 Å². The van der Waals surface area contributed by atoms with Crippen LogP contribution in [0.3, 0.4) is 0 Å². The molecule has 0 fully saturated rings. The highest BCUT2D eigenvalue weighted by atomic mass is 16.4. The second kappa shape index (κ2) is 4.71. The van der Waals surface area contributed by atoms with Crippen LogP contribution in [-0.4, -0.2) is 17.8 Å². The molecule has 0 aliphatic heterocycles. The van der Waals surface area contributed by atoms with Gasteiger partial charge in [-0.1, -0.05) is 24.8 Å². The van der Waals surface area contributed by atoms with E-state index in [-0.39, 0.29) is 5.56 Å². The molecule has 1 N–H and O–H groups in total. The molecule has 0 saturated carbocycles. The van der Waals surface area contributed by atoms with Crippen LogP contribution in [0.1, 0.15) is 10.4 Å². The predicted octanol–water partition coefficient (Wildman–Crippen LogP) is 3.10. The van der Waals surface area contributed by atoms with Crippen molar-refractivity contribution in [1.82, 2.24) is 0 Å². The van der Waals surface area contributed by atoms with Gasteiger partial charge in [0.15, 0.2) is 0 Å². The highest BCUT2D eigenvalue weighted by Crippen LogP contribution is 2.28. The van der Waals surface area contributed by atoms with Gasteiger partial charge in [-0.05, 0) is 23.6 Å². The highest BCUT2D eigenvalue weighted by Gasteiger charge is 2.08. The van der Waals surface area contributed by atoms with E-state index in [9.17, 15) is 4.79 Å². The van der Waals surface area contributed by atoms with E-state index < -0.39 is 5.97 Å². The van der Waals surface area contributed by atoms with Crippen molar-refractivity contribution in [3.05, 3.63) is 54.7 Å². The Kier molecular flexibility index (Phi) is 3.10. The van der Waals surface area contributed by atoms with Crippen LogP contribution in [0.4, 0.5) is 5.69 Å². The van der Waals surface area contributed by atoms with Crippen molar-refractivity contribution < 1.29 is 9.90 Å². The first-order valence-electron chi connectivity index (χ1n) is 5.32. The largest absolute Gasteiger partial charge is 0.478 e. The fourth-order valence-corrected chi connectivity index (χ4v) is 1.83. The molecule has 0 heterocycles. The minimum Gasteiger partial charge on any atom is -0.478 e. The van der Waals surface area contributed by atoms with Crippen LogP contribution in [0.5, 0.6) is 0 Å². The maximum atomic E-state index is 10.9. The van der Waals surface area contributed by atoms with Gasteiger partial charge in [-0.3, -0.25) is 0 Å². The van der Waals surface area contributed by atoms with Crippen molar-refractivity contribution in [2.45, 2.75) is 0 Å². The number of fused-ring (bicyclic) bond motifs is 1. The second-order valence-corrected chi connectivity index (χ2v) is 3.69. The number of aromatic carboxylic acids is 1. The minimum absolute atomic E-state index is 0.261. The molecule has 4 heteroatoms. The van der Waals surface area contributed by atoms with Crippen LogP contribution in [0.2, 0.25) is 0 Å². The summed E-state index contributed by atoms with van der Waals surface area (Å²) in [6.07, 6.45) is 1.55. The maximum Gasteiger partial charge on any atom is 0.335 e. The standard InChI is InChI=1S/C14H12N2O2/c1-3-16(15-2)13-6-4-5-10-9-11(14(17)18)7-8-12(10)13/h3-9H,1-2H2,(H,17,18). The van der Waals surface area contributed by atoms with E-state index >= 15 is 0 Å². The number of nitrogens with zero attached hydrogens (tertiary/aromatic N) is 2. The quantitative estimate of drug-likeness (QED) is 0.660. The molecule has 0 bridgehead atoms. The number of benzene rings is 2. The Morgan fingerprint density at radius 1 is 1.33 bits per heavy atom. The van der Waals surface area contributed by atoms with Crippen LogP contribution >= 0.6 is 0 Å². The molecule has 2 rings (SSSR count). The minimum atomic E-state index is -0.940. The number of hydrazone groups is 1. The summed E-state index contributed by atoms with van der Waals surface area (Å²) in [4.78, 5) is 10.9. The summed E-state index contributed by atoms with van der Waals surface area (Å²) >= 11 is 0. The molecule has 0 radical (unpaired) electrons. The van der Waals surface area contributed by atoms with Gasteiger partial charge in [0.1, 0.15) is 0 Å².